The van der Waals surface area contributed by atoms with Gasteiger partial charge in [0, 0.05) is 19.5 Å². The standard InChI is InChI=1S/C15H18F3NO3/c16-15(17,18)12-5-3-11(4-6-12)13-10-19(8-9-22-13)7-1-2-14(20)21/h3-6,13H,1-2,7-10H2,(H,20,21). The topological polar surface area (TPSA) is 49.8 Å². The number of carboxylic acids is 1. The maximum atomic E-state index is 12.5. The Bertz CT molecular complexity index is 502. The van der Waals surface area contributed by atoms with Crippen LogP contribution in [0.3, 0.4) is 0 Å². The lowest BCUT2D eigenvalue weighted by Gasteiger charge is -2.33. The molecule has 4 nitrogen and oxygen atoms in total. The van der Waals surface area contributed by atoms with E-state index in [-0.39, 0.29) is 12.5 Å². The number of benzene rings is 1. The van der Waals surface area contributed by atoms with E-state index in [4.69, 9.17) is 9.84 Å². The van der Waals surface area contributed by atoms with Crippen molar-refractivity contribution in [3.05, 3.63) is 35.4 Å². The highest BCUT2D eigenvalue weighted by molar-refractivity contribution is 5.66. The van der Waals surface area contributed by atoms with Crippen molar-refractivity contribution in [2.75, 3.05) is 26.2 Å². The number of carboxylic acid groups (broad SMARTS) is 1. The number of hydrogen-bond acceptors (Lipinski definition) is 3. The summed E-state index contributed by atoms with van der Waals surface area (Å²) in [6.45, 7) is 2.40. The van der Waals surface area contributed by atoms with Gasteiger partial charge in [-0.15, -0.1) is 0 Å². The third-order valence-corrected chi connectivity index (χ3v) is 3.63. The molecule has 1 saturated heterocycles. The number of rotatable bonds is 5. The van der Waals surface area contributed by atoms with Crippen LogP contribution in [-0.4, -0.2) is 42.2 Å². The van der Waals surface area contributed by atoms with Gasteiger partial charge in [0.15, 0.2) is 0 Å². The Morgan fingerprint density at radius 2 is 2.00 bits per heavy atom. The summed E-state index contributed by atoms with van der Waals surface area (Å²) in [6, 6.07) is 4.99. The fourth-order valence-corrected chi connectivity index (χ4v) is 2.45. The van der Waals surface area contributed by atoms with Gasteiger partial charge in [0.05, 0.1) is 18.3 Å². The van der Waals surface area contributed by atoms with Crippen LogP contribution < -0.4 is 0 Å². The van der Waals surface area contributed by atoms with Crippen molar-refractivity contribution in [2.45, 2.75) is 25.1 Å². The van der Waals surface area contributed by atoms with Crippen molar-refractivity contribution in [2.24, 2.45) is 0 Å². The van der Waals surface area contributed by atoms with Crippen LogP contribution in [0.4, 0.5) is 13.2 Å². The van der Waals surface area contributed by atoms with Crippen LogP contribution in [0, 0.1) is 0 Å². The monoisotopic (exact) mass is 317 g/mol. The summed E-state index contributed by atoms with van der Waals surface area (Å²) in [5, 5.41) is 8.63. The van der Waals surface area contributed by atoms with Crippen molar-refractivity contribution in [1.29, 1.82) is 0 Å². The van der Waals surface area contributed by atoms with E-state index in [0.29, 0.717) is 38.2 Å². The Labute approximate surface area is 126 Å². The predicted octanol–water partition coefficient (Wildman–Crippen LogP) is 2.94. The molecule has 1 aromatic rings. The van der Waals surface area contributed by atoms with Crippen molar-refractivity contribution >= 4 is 5.97 Å². The highest BCUT2D eigenvalue weighted by Crippen LogP contribution is 2.31. The van der Waals surface area contributed by atoms with Gasteiger partial charge in [0.25, 0.3) is 0 Å². The van der Waals surface area contributed by atoms with Gasteiger partial charge in [-0.2, -0.15) is 13.2 Å². The van der Waals surface area contributed by atoms with E-state index >= 15 is 0 Å². The third kappa shape index (κ3) is 4.71. The summed E-state index contributed by atoms with van der Waals surface area (Å²) in [5.41, 5.74) is 0.0290. The minimum atomic E-state index is -4.34. The van der Waals surface area contributed by atoms with Crippen LogP contribution in [0.25, 0.3) is 0 Å². The number of halogens is 3. The number of aliphatic carboxylic acids is 1. The molecule has 0 bridgehead atoms. The molecule has 1 fully saturated rings. The first-order valence-corrected chi connectivity index (χ1v) is 7.09. The van der Waals surface area contributed by atoms with Crippen LogP contribution >= 0.6 is 0 Å². The van der Waals surface area contributed by atoms with Gasteiger partial charge < -0.3 is 9.84 Å². The van der Waals surface area contributed by atoms with E-state index < -0.39 is 17.7 Å². The second-order valence-electron chi connectivity index (χ2n) is 5.28. The van der Waals surface area contributed by atoms with Gasteiger partial charge in [0.1, 0.15) is 0 Å². The maximum Gasteiger partial charge on any atom is 0.416 e. The molecule has 1 N–H and O–H groups in total. The van der Waals surface area contributed by atoms with Crippen LogP contribution in [0.1, 0.15) is 30.1 Å². The zero-order valence-electron chi connectivity index (χ0n) is 12.0. The lowest BCUT2D eigenvalue weighted by atomic mass is 10.0. The molecule has 1 atom stereocenters. The molecule has 22 heavy (non-hydrogen) atoms. The molecule has 0 radical (unpaired) electrons. The first-order valence-electron chi connectivity index (χ1n) is 7.09. The number of ether oxygens (including phenoxy) is 1. The molecular weight excluding hydrogens is 299 g/mol. The lowest BCUT2D eigenvalue weighted by Crippen LogP contribution is -2.39. The van der Waals surface area contributed by atoms with Crippen LogP contribution in [-0.2, 0) is 15.7 Å². The molecule has 0 amide bonds. The smallest absolute Gasteiger partial charge is 0.416 e. The highest BCUT2D eigenvalue weighted by Gasteiger charge is 2.30. The lowest BCUT2D eigenvalue weighted by molar-refractivity contribution is -0.138. The second-order valence-corrected chi connectivity index (χ2v) is 5.28. The normalized spacial score (nSPS) is 20.0. The van der Waals surface area contributed by atoms with Gasteiger partial charge in [0.2, 0.25) is 0 Å². The molecule has 0 saturated carbocycles. The molecule has 122 valence electrons. The van der Waals surface area contributed by atoms with E-state index in [1.807, 2.05) is 0 Å². The summed E-state index contributed by atoms with van der Waals surface area (Å²) in [7, 11) is 0. The summed E-state index contributed by atoms with van der Waals surface area (Å²) in [4.78, 5) is 12.6. The summed E-state index contributed by atoms with van der Waals surface area (Å²) in [5.74, 6) is -0.826. The average molecular weight is 317 g/mol. The zero-order valence-corrected chi connectivity index (χ0v) is 12.0. The number of carbonyl (C=O) groups is 1. The maximum absolute atomic E-state index is 12.5. The molecule has 0 spiro atoms. The number of hydrogen-bond donors (Lipinski definition) is 1. The van der Waals surface area contributed by atoms with Crippen molar-refractivity contribution in [3.63, 3.8) is 0 Å². The second kappa shape index (κ2) is 7.11. The molecule has 0 aliphatic carbocycles. The molecular formula is C15H18F3NO3. The minimum Gasteiger partial charge on any atom is -0.481 e. The van der Waals surface area contributed by atoms with Gasteiger partial charge in [-0.1, -0.05) is 12.1 Å². The summed E-state index contributed by atoms with van der Waals surface area (Å²) >= 11 is 0. The number of nitrogens with zero attached hydrogens (tertiary/aromatic N) is 1. The van der Waals surface area contributed by atoms with Crippen LogP contribution in [0.15, 0.2) is 24.3 Å². The van der Waals surface area contributed by atoms with Crippen LogP contribution in [0.2, 0.25) is 0 Å². The molecule has 1 aliphatic rings. The van der Waals surface area contributed by atoms with E-state index in [1.54, 1.807) is 0 Å². The number of morpholine rings is 1. The summed E-state index contributed by atoms with van der Waals surface area (Å²) < 4.78 is 43.2. The molecule has 1 unspecified atom stereocenters. The van der Waals surface area contributed by atoms with Crippen molar-refractivity contribution < 1.29 is 27.8 Å². The van der Waals surface area contributed by atoms with E-state index in [0.717, 1.165) is 12.1 Å². The summed E-state index contributed by atoms with van der Waals surface area (Å²) in [6.07, 6.45) is -3.95. The zero-order chi connectivity index (χ0) is 16.2. The quantitative estimate of drug-likeness (QED) is 0.907. The van der Waals surface area contributed by atoms with E-state index in [9.17, 15) is 18.0 Å². The van der Waals surface area contributed by atoms with E-state index in [2.05, 4.69) is 4.90 Å². The predicted molar refractivity (Wildman–Crippen MR) is 73.4 cm³/mol. The minimum absolute atomic E-state index is 0.113. The molecule has 2 rings (SSSR count). The fourth-order valence-electron chi connectivity index (χ4n) is 2.45. The Kier molecular flexibility index (Phi) is 5.42. The number of alkyl halides is 3. The van der Waals surface area contributed by atoms with E-state index in [1.165, 1.54) is 12.1 Å². The Balaban J connectivity index is 1.93. The van der Waals surface area contributed by atoms with Crippen molar-refractivity contribution in [3.8, 4) is 0 Å². The molecule has 1 aliphatic heterocycles. The average Bonchev–Trinajstić information content (AvgIpc) is 2.46. The van der Waals surface area contributed by atoms with Gasteiger partial charge >= 0.3 is 12.1 Å². The van der Waals surface area contributed by atoms with Crippen LogP contribution in [0.5, 0.6) is 0 Å². The highest BCUT2D eigenvalue weighted by atomic mass is 19.4. The first kappa shape index (κ1) is 16.8. The molecule has 1 aromatic carbocycles. The molecule has 0 aromatic heterocycles. The third-order valence-electron chi connectivity index (χ3n) is 3.63. The first-order chi connectivity index (χ1) is 10.4. The van der Waals surface area contributed by atoms with Crippen molar-refractivity contribution in [1.82, 2.24) is 4.90 Å². The van der Waals surface area contributed by atoms with Gasteiger partial charge in [-0.05, 0) is 30.7 Å². The fraction of sp³-hybridized carbons (Fsp3) is 0.533. The largest absolute Gasteiger partial charge is 0.481 e. The molecule has 7 heteroatoms. The molecule has 1 heterocycles. The Morgan fingerprint density at radius 3 is 2.59 bits per heavy atom. The van der Waals surface area contributed by atoms with Gasteiger partial charge in [-0.25, -0.2) is 0 Å². The SMILES string of the molecule is O=C(O)CCCN1CCOC(c2ccc(C(F)(F)F)cc2)C1. The van der Waals surface area contributed by atoms with Gasteiger partial charge in [-0.3, -0.25) is 9.69 Å². The Morgan fingerprint density at radius 1 is 1.32 bits per heavy atom. The Hall–Kier alpha value is -1.60.